The van der Waals surface area contributed by atoms with Crippen LogP contribution >= 0.6 is 11.6 Å². The first-order valence-electron chi connectivity index (χ1n) is 11.1. The Labute approximate surface area is 202 Å². The lowest BCUT2D eigenvalue weighted by Crippen LogP contribution is -2.36. The van der Waals surface area contributed by atoms with Crippen molar-refractivity contribution in [2.75, 3.05) is 0 Å². The molecule has 1 aliphatic heterocycles. The molecule has 7 nitrogen and oxygen atoms in total. The van der Waals surface area contributed by atoms with Crippen LogP contribution in [0.2, 0.25) is 5.02 Å². The standard InChI is InChI=1S/C26H25ClN2O5/c1-14(2)34-26(31)23-15(3)28-21-12-18(16-7-9-19(27)10-8-16)13-22(30)25(21)24(23)17-5-4-6-20(11-17)29(32)33/h4-11,14,18,24,28H,12-13H2,1-3H3/t18-,24-/m1/s1. The number of nitro groups is 1. The Kier molecular flexibility index (Phi) is 6.57. The molecule has 4 rings (SSSR count). The maximum absolute atomic E-state index is 13.5. The topological polar surface area (TPSA) is 98.5 Å². The van der Waals surface area contributed by atoms with Crippen LogP contribution in [0.1, 0.15) is 56.6 Å². The number of dihydropyridines is 1. The number of carbonyl (C=O) groups excluding carboxylic acids is 2. The van der Waals surface area contributed by atoms with Gasteiger partial charge in [-0.1, -0.05) is 35.9 Å². The Morgan fingerprint density at radius 3 is 2.50 bits per heavy atom. The van der Waals surface area contributed by atoms with Crippen LogP contribution in [-0.4, -0.2) is 22.8 Å². The molecule has 0 saturated heterocycles. The summed E-state index contributed by atoms with van der Waals surface area (Å²) in [5.74, 6) is -1.44. The quantitative estimate of drug-likeness (QED) is 0.341. The van der Waals surface area contributed by atoms with Crippen molar-refractivity contribution in [1.82, 2.24) is 5.32 Å². The molecular formula is C26H25ClN2O5. The van der Waals surface area contributed by atoms with E-state index in [2.05, 4.69) is 5.32 Å². The number of nitrogens with one attached hydrogen (secondary N) is 1. The summed E-state index contributed by atoms with van der Waals surface area (Å²) in [6.45, 7) is 5.26. The molecule has 0 saturated carbocycles. The van der Waals surface area contributed by atoms with Crippen molar-refractivity contribution in [3.63, 3.8) is 0 Å². The lowest BCUT2D eigenvalue weighted by molar-refractivity contribution is -0.384. The predicted molar refractivity (Wildman–Crippen MR) is 128 cm³/mol. The molecular weight excluding hydrogens is 456 g/mol. The number of hydrogen-bond donors (Lipinski definition) is 1. The summed E-state index contributed by atoms with van der Waals surface area (Å²) in [5, 5.41) is 15.3. The number of nitro benzene ring substituents is 1. The molecule has 8 heteroatoms. The number of hydrogen-bond acceptors (Lipinski definition) is 6. The Hall–Kier alpha value is -3.45. The molecule has 0 radical (unpaired) electrons. The van der Waals surface area contributed by atoms with Gasteiger partial charge in [0.25, 0.3) is 5.69 Å². The number of halogens is 1. The summed E-state index contributed by atoms with van der Waals surface area (Å²) in [5.41, 5.74) is 3.48. The molecule has 0 spiro atoms. The van der Waals surface area contributed by atoms with Crippen LogP contribution in [0.3, 0.4) is 0 Å². The predicted octanol–water partition coefficient (Wildman–Crippen LogP) is 5.56. The number of nitrogens with zero attached hydrogens (tertiary/aromatic N) is 1. The van der Waals surface area contributed by atoms with Crippen LogP contribution < -0.4 is 5.32 Å². The maximum Gasteiger partial charge on any atom is 0.337 e. The minimum atomic E-state index is -0.749. The summed E-state index contributed by atoms with van der Waals surface area (Å²) >= 11 is 6.03. The van der Waals surface area contributed by atoms with Crippen molar-refractivity contribution < 1.29 is 19.2 Å². The van der Waals surface area contributed by atoms with Gasteiger partial charge in [-0.3, -0.25) is 14.9 Å². The van der Waals surface area contributed by atoms with Crippen molar-refractivity contribution in [3.8, 4) is 0 Å². The first kappa shape index (κ1) is 23.7. The average molecular weight is 481 g/mol. The highest BCUT2D eigenvalue weighted by atomic mass is 35.5. The molecule has 1 N–H and O–H groups in total. The van der Waals surface area contributed by atoms with E-state index in [1.165, 1.54) is 12.1 Å². The van der Waals surface area contributed by atoms with Crippen molar-refractivity contribution in [3.05, 3.63) is 97.3 Å². The van der Waals surface area contributed by atoms with Gasteiger partial charge in [0.2, 0.25) is 0 Å². The highest BCUT2D eigenvalue weighted by molar-refractivity contribution is 6.30. The van der Waals surface area contributed by atoms with Gasteiger partial charge < -0.3 is 10.1 Å². The number of allylic oxidation sites excluding steroid dienone is 3. The molecule has 2 aromatic rings. The molecule has 0 aromatic heterocycles. The summed E-state index contributed by atoms with van der Waals surface area (Å²) < 4.78 is 5.49. The van der Waals surface area contributed by atoms with Crippen molar-refractivity contribution in [2.45, 2.75) is 51.6 Å². The number of ketones is 1. The van der Waals surface area contributed by atoms with Gasteiger partial charge in [-0.2, -0.15) is 0 Å². The van der Waals surface area contributed by atoms with Crippen molar-refractivity contribution in [1.29, 1.82) is 0 Å². The van der Waals surface area contributed by atoms with Gasteiger partial charge in [0.05, 0.1) is 16.6 Å². The molecule has 2 aliphatic rings. The van der Waals surface area contributed by atoms with E-state index < -0.39 is 16.8 Å². The van der Waals surface area contributed by atoms with E-state index in [0.717, 1.165) is 11.3 Å². The smallest absolute Gasteiger partial charge is 0.337 e. The number of benzene rings is 2. The first-order valence-corrected chi connectivity index (χ1v) is 11.5. The van der Waals surface area contributed by atoms with Crippen LogP contribution in [0.15, 0.2) is 71.1 Å². The molecule has 1 aliphatic carbocycles. The van der Waals surface area contributed by atoms with Gasteiger partial charge in [0.1, 0.15) is 0 Å². The van der Waals surface area contributed by atoms with Gasteiger partial charge in [-0.15, -0.1) is 0 Å². The van der Waals surface area contributed by atoms with Gasteiger partial charge >= 0.3 is 5.97 Å². The monoisotopic (exact) mass is 480 g/mol. The third-order valence-corrected chi connectivity index (χ3v) is 6.40. The summed E-state index contributed by atoms with van der Waals surface area (Å²) in [6, 6.07) is 13.5. The zero-order chi connectivity index (χ0) is 24.6. The average Bonchev–Trinajstić information content (AvgIpc) is 2.78. The highest BCUT2D eigenvalue weighted by Crippen LogP contribution is 2.46. The minimum Gasteiger partial charge on any atom is -0.460 e. The minimum absolute atomic E-state index is 0.0428. The van der Waals surface area contributed by atoms with Crippen LogP contribution in [0, 0.1) is 10.1 Å². The molecule has 0 bridgehead atoms. The number of Topliss-reactive ketones (excluding diaryl/α,β-unsaturated/α-hetero) is 1. The highest BCUT2D eigenvalue weighted by Gasteiger charge is 2.41. The van der Waals surface area contributed by atoms with Crippen LogP contribution in [0.25, 0.3) is 0 Å². The Morgan fingerprint density at radius 2 is 1.85 bits per heavy atom. The molecule has 2 atom stereocenters. The SMILES string of the molecule is CC1=C(C(=O)OC(C)C)[C@@H](c2cccc([N+](=O)[O-])c2)C2=C(C[C@@H](c3ccc(Cl)cc3)CC2=O)N1. The third kappa shape index (κ3) is 4.61. The number of rotatable bonds is 5. The molecule has 1 heterocycles. The molecule has 34 heavy (non-hydrogen) atoms. The maximum atomic E-state index is 13.5. The van der Waals surface area contributed by atoms with E-state index in [4.69, 9.17) is 16.3 Å². The van der Waals surface area contributed by atoms with Crippen molar-refractivity contribution >= 4 is 29.0 Å². The van der Waals surface area contributed by atoms with Crippen molar-refractivity contribution in [2.24, 2.45) is 0 Å². The van der Waals surface area contributed by atoms with E-state index in [1.807, 2.05) is 12.1 Å². The van der Waals surface area contributed by atoms with Crippen LogP contribution in [0.4, 0.5) is 5.69 Å². The van der Waals surface area contributed by atoms with Gasteiger partial charge in [0.15, 0.2) is 5.78 Å². The van der Waals surface area contributed by atoms with Crippen LogP contribution in [0.5, 0.6) is 0 Å². The zero-order valence-corrected chi connectivity index (χ0v) is 19.9. The summed E-state index contributed by atoms with van der Waals surface area (Å²) in [4.78, 5) is 37.6. The van der Waals surface area contributed by atoms with Gasteiger partial charge in [-0.25, -0.2) is 4.79 Å². The second-order valence-electron chi connectivity index (χ2n) is 8.87. The lowest BCUT2D eigenvalue weighted by Gasteiger charge is -2.36. The summed E-state index contributed by atoms with van der Waals surface area (Å²) in [7, 11) is 0. The first-order chi connectivity index (χ1) is 16.2. The largest absolute Gasteiger partial charge is 0.460 e. The number of non-ortho nitro benzene ring substituents is 1. The fraction of sp³-hybridized carbons (Fsp3) is 0.308. The molecule has 0 fully saturated rings. The van der Waals surface area contributed by atoms with Gasteiger partial charge in [0, 0.05) is 46.5 Å². The van der Waals surface area contributed by atoms with E-state index in [0.29, 0.717) is 33.9 Å². The molecule has 0 unspecified atom stereocenters. The van der Waals surface area contributed by atoms with Crippen LogP contribution in [-0.2, 0) is 14.3 Å². The lowest BCUT2D eigenvalue weighted by atomic mass is 9.71. The molecule has 2 aromatic carbocycles. The van der Waals surface area contributed by atoms with E-state index >= 15 is 0 Å². The number of carbonyl (C=O) groups is 2. The summed E-state index contributed by atoms with van der Waals surface area (Å²) in [6.07, 6.45) is 0.474. The zero-order valence-electron chi connectivity index (χ0n) is 19.1. The fourth-order valence-electron chi connectivity index (χ4n) is 4.71. The second kappa shape index (κ2) is 9.43. The fourth-order valence-corrected chi connectivity index (χ4v) is 4.84. The van der Waals surface area contributed by atoms with E-state index in [9.17, 15) is 19.7 Å². The van der Waals surface area contributed by atoms with E-state index in [-0.39, 0.29) is 29.9 Å². The van der Waals surface area contributed by atoms with E-state index in [1.54, 1.807) is 45.0 Å². The number of ether oxygens (including phenoxy) is 1. The number of esters is 1. The Balaban J connectivity index is 1.82. The third-order valence-electron chi connectivity index (χ3n) is 6.15. The molecule has 176 valence electrons. The molecule has 0 amide bonds. The Morgan fingerprint density at radius 1 is 1.15 bits per heavy atom. The normalized spacial score (nSPS) is 20.2. The Bertz CT molecular complexity index is 1230. The van der Waals surface area contributed by atoms with Gasteiger partial charge in [-0.05, 0) is 56.4 Å². The second-order valence-corrected chi connectivity index (χ2v) is 9.31.